The van der Waals surface area contributed by atoms with E-state index in [-0.39, 0.29) is 0 Å². The molecule has 0 radical (unpaired) electrons. The number of hydrogen-bond acceptors (Lipinski definition) is 0. The zero-order valence-electron chi connectivity index (χ0n) is 8.61. The van der Waals surface area contributed by atoms with Crippen LogP contribution < -0.4 is 0 Å². The molecule has 0 saturated heterocycles. The molecule has 0 N–H and O–H groups in total. The average Bonchev–Trinajstić information content (AvgIpc) is 2.02. The minimum Gasteiger partial charge on any atom is -0.123 e. The summed E-state index contributed by atoms with van der Waals surface area (Å²) in [5.74, 6) is 0. The highest BCUT2D eigenvalue weighted by atomic mass is 35.5. The molecule has 0 unspecified atom stereocenters. The molecule has 0 heterocycles. The fourth-order valence-corrected chi connectivity index (χ4v) is 1.54. The molecule has 0 aliphatic heterocycles. The van der Waals surface area contributed by atoms with Crippen LogP contribution in [0.2, 0.25) is 0 Å². The molecule has 0 aromatic heterocycles. The first-order chi connectivity index (χ1) is 5.77. The zero-order valence-corrected chi connectivity index (χ0v) is 9.37. The van der Waals surface area contributed by atoms with E-state index in [4.69, 9.17) is 11.6 Å². The molecule has 0 nitrogen and oxygen atoms in total. The SMILES string of the molecule is CCCCCCCCC[C@H](C)Cl. The first kappa shape index (κ1) is 12.3. The summed E-state index contributed by atoms with van der Waals surface area (Å²) in [7, 11) is 0. The van der Waals surface area contributed by atoms with Gasteiger partial charge in [-0.3, -0.25) is 0 Å². The molecule has 1 atom stereocenters. The molecule has 74 valence electrons. The van der Waals surface area contributed by atoms with Gasteiger partial charge in [0.05, 0.1) is 0 Å². The monoisotopic (exact) mass is 190 g/mol. The molecule has 12 heavy (non-hydrogen) atoms. The fraction of sp³-hybridized carbons (Fsp3) is 1.00. The van der Waals surface area contributed by atoms with Crippen molar-refractivity contribution in [1.82, 2.24) is 0 Å². The Bertz CT molecular complexity index is 79.1. The molecule has 0 saturated carbocycles. The predicted molar refractivity (Wildman–Crippen MR) is 57.9 cm³/mol. The lowest BCUT2D eigenvalue weighted by atomic mass is 10.1. The summed E-state index contributed by atoms with van der Waals surface area (Å²) in [6, 6.07) is 0. The van der Waals surface area contributed by atoms with Crippen molar-refractivity contribution in [2.24, 2.45) is 0 Å². The number of halogens is 1. The summed E-state index contributed by atoms with van der Waals surface area (Å²) in [6.45, 7) is 4.34. The third-order valence-corrected chi connectivity index (χ3v) is 2.42. The van der Waals surface area contributed by atoms with Gasteiger partial charge in [0.15, 0.2) is 0 Å². The summed E-state index contributed by atoms with van der Waals surface area (Å²) >= 11 is 5.84. The Balaban J connectivity index is 2.82. The fourth-order valence-electron chi connectivity index (χ4n) is 1.38. The summed E-state index contributed by atoms with van der Waals surface area (Å²) in [4.78, 5) is 0. The Morgan fingerprint density at radius 2 is 1.42 bits per heavy atom. The van der Waals surface area contributed by atoms with E-state index in [0.717, 1.165) is 0 Å². The first-order valence-corrected chi connectivity index (χ1v) is 5.85. The van der Waals surface area contributed by atoms with Crippen LogP contribution in [0.25, 0.3) is 0 Å². The van der Waals surface area contributed by atoms with Crippen LogP contribution in [-0.4, -0.2) is 5.38 Å². The molecular formula is C11H23Cl. The van der Waals surface area contributed by atoms with Crippen LogP contribution in [0.3, 0.4) is 0 Å². The van der Waals surface area contributed by atoms with Gasteiger partial charge in [-0.1, -0.05) is 51.9 Å². The highest BCUT2D eigenvalue weighted by Crippen LogP contribution is 2.11. The van der Waals surface area contributed by atoms with Gasteiger partial charge in [-0.25, -0.2) is 0 Å². The van der Waals surface area contributed by atoms with Crippen LogP contribution in [-0.2, 0) is 0 Å². The standard InChI is InChI=1S/C11H23Cl/c1-3-4-5-6-7-8-9-10-11(2)12/h11H,3-10H2,1-2H3/t11-/m0/s1. The number of rotatable bonds is 8. The Morgan fingerprint density at radius 3 is 1.92 bits per heavy atom. The van der Waals surface area contributed by atoms with Gasteiger partial charge in [-0.15, -0.1) is 11.6 Å². The molecule has 0 amide bonds. The van der Waals surface area contributed by atoms with Crippen molar-refractivity contribution in [1.29, 1.82) is 0 Å². The zero-order chi connectivity index (χ0) is 9.23. The molecule has 0 aliphatic carbocycles. The number of alkyl halides is 1. The lowest BCUT2D eigenvalue weighted by Crippen LogP contribution is -1.89. The maximum Gasteiger partial charge on any atom is 0.0307 e. The Morgan fingerprint density at radius 1 is 0.917 bits per heavy atom. The van der Waals surface area contributed by atoms with E-state index in [1.165, 1.54) is 51.4 Å². The predicted octanol–water partition coefficient (Wildman–Crippen LogP) is 4.75. The molecule has 0 aliphatic rings. The van der Waals surface area contributed by atoms with Gasteiger partial charge < -0.3 is 0 Å². The van der Waals surface area contributed by atoms with Gasteiger partial charge in [-0.05, 0) is 13.3 Å². The summed E-state index contributed by atoms with van der Waals surface area (Å²) in [5.41, 5.74) is 0. The van der Waals surface area contributed by atoms with E-state index in [1.807, 2.05) is 0 Å². The third-order valence-electron chi connectivity index (χ3n) is 2.21. The quantitative estimate of drug-likeness (QED) is 0.383. The van der Waals surface area contributed by atoms with Gasteiger partial charge in [-0.2, -0.15) is 0 Å². The van der Waals surface area contributed by atoms with Crippen LogP contribution in [0.5, 0.6) is 0 Å². The van der Waals surface area contributed by atoms with Gasteiger partial charge in [0.2, 0.25) is 0 Å². The first-order valence-electron chi connectivity index (χ1n) is 5.41. The van der Waals surface area contributed by atoms with Crippen molar-refractivity contribution in [3.8, 4) is 0 Å². The molecular weight excluding hydrogens is 168 g/mol. The van der Waals surface area contributed by atoms with Crippen molar-refractivity contribution in [3.05, 3.63) is 0 Å². The molecule has 1 heteroatoms. The largest absolute Gasteiger partial charge is 0.123 e. The van der Waals surface area contributed by atoms with Crippen LogP contribution in [0.4, 0.5) is 0 Å². The number of unbranched alkanes of at least 4 members (excludes halogenated alkanes) is 6. The Labute approximate surface area is 82.7 Å². The van der Waals surface area contributed by atoms with Crippen LogP contribution in [0, 0.1) is 0 Å². The van der Waals surface area contributed by atoms with E-state index in [2.05, 4.69) is 13.8 Å². The molecule has 0 aromatic rings. The van der Waals surface area contributed by atoms with Crippen molar-refractivity contribution >= 4 is 11.6 Å². The minimum atomic E-state index is 0.376. The summed E-state index contributed by atoms with van der Waals surface area (Å²) < 4.78 is 0. The second kappa shape index (κ2) is 9.38. The Kier molecular flexibility index (Phi) is 9.61. The lowest BCUT2D eigenvalue weighted by Gasteiger charge is -2.02. The van der Waals surface area contributed by atoms with Crippen molar-refractivity contribution in [3.63, 3.8) is 0 Å². The van der Waals surface area contributed by atoms with Crippen LogP contribution >= 0.6 is 11.6 Å². The maximum atomic E-state index is 5.84. The second-order valence-electron chi connectivity index (χ2n) is 3.69. The van der Waals surface area contributed by atoms with E-state index in [0.29, 0.717) is 5.38 Å². The lowest BCUT2D eigenvalue weighted by molar-refractivity contribution is 0.574. The topological polar surface area (TPSA) is 0 Å². The normalized spacial score (nSPS) is 13.2. The average molecular weight is 191 g/mol. The van der Waals surface area contributed by atoms with Gasteiger partial charge in [0.1, 0.15) is 0 Å². The van der Waals surface area contributed by atoms with Gasteiger partial charge in [0.25, 0.3) is 0 Å². The third kappa shape index (κ3) is 10.3. The van der Waals surface area contributed by atoms with Gasteiger partial charge >= 0.3 is 0 Å². The minimum absolute atomic E-state index is 0.376. The van der Waals surface area contributed by atoms with Crippen molar-refractivity contribution in [2.75, 3.05) is 0 Å². The van der Waals surface area contributed by atoms with Crippen LogP contribution in [0.15, 0.2) is 0 Å². The Hall–Kier alpha value is 0.290. The summed E-state index contributed by atoms with van der Waals surface area (Å²) in [6.07, 6.45) is 10.9. The van der Waals surface area contributed by atoms with Crippen molar-refractivity contribution < 1.29 is 0 Å². The highest BCUT2D eigenvalue weighted by Gasteiger charge is 1.95. The maximum absolute atomic E-state index is 5.84. The van der Waals surface area contributed by atoms with Crippen LogP contribution in [0.1, 0.15) is 65.2 Å². The molecule has 0 aromatic carbocycles. The molecule has 0 fully saturated rings. The van der Waals surface area contributed by atoms with E-state index >= 15 is 0 Å². The van der Waals surface area contributed by atoms with E-state index in [9.17, 15) is 0 Å². The van der Waals surface area contributed by atoms with E-state index in [1.54, 1.807) is 0 Å². The second-order valence-corrected chi connectivity index (χ2v) is 4.44. The highest BCUT2D eigenvalue weighted by molar-refractivity contribution is 6.20. The number of hydrogen-bond donors (Lipinski definition) is 0. The molecule has 0 bridgehead atoms. The van der Waals surface area contributed by atoms with Gasteiger partial charge in [0, 0.05) is 5.38 Å². The molecule has 0 rings (SSSR count). The summed E-state index contributed by atoms with van der Waals surface area (Å²) in [5, 5.41) is 0.376. The van der Waals surface area contributed by atoms with E-state index < -0.39 is 0 Å². The smallest absolute Gasteiger partial charge is 0.0307 e. The van der Waals surface area contributed by atoms with Crippen molar-refractivity contribution in [2.45, 2.75) is 70.6 Å². The molecule has 0 spiro atoms.